The van der Waals surface area contributed by atoms with Crippen LogP contribution in [0.2, 0.25) is 0 Å². The Morgan fingerprint density at radius 3 is 2.06 bits per heavy atom. The quantitative estimate of drug-likeness (QED) is 0.855. The van der Waals surface area contributed by atoms with Crippen molar-refractivity contribution >= 4 is 5.69 Å². The van der Waals surface area contributed by atoms with Gasteiger partial charge in [0.15, 0.2) is 0 Å². The van der Waals surface area contributed by atoms with E-state index in [0.717, 1.165) is 12.1 Å². The molecule has 2 N–H and O–H groups in total. The standard InChI is InChI=1S/C12H16F3NO/c1-3-11(2,8-17)16-10-6-4-9(5-7-10)12(13,14)15/h4-7,16-17H,3,8H2,1-2H3. The van der Waals surface area contributed by atoms with Gasteiger partial charge in [-0.15, -0.1) is 0 Å². The van der Waals surface area contributed by atoms with Crippen molar-refractivity contribution < 1.29 is 18.3 Å². The van der Waals surface area contributed by atoms with Crippen molar-refractivity contribution in [2.45, 2.75) is 32.0 Å². The van der Waals surface area contributed by atoms with E-state index < -0.39 is 17.3 Å². The maximum absolute atomic E-state index is 12.3. The monoisotopic (exact) mass is 247 g/mol. The summed E-state index contributed by atoms with van der Waals surface area (Å²) in [5, 5.41) is 12.2. The highest BCUT2D eigenvalue weighted by molar-refractivity contribution is 5.47. The van der Waals surface area contributed by atoms with E-state index in [0.29, 0.717) is 12.1 Å². The molecule has 0 saturated carbocycles. The molecule has 0 aliphatic rings. The summed E-state index contributed by atoms with van der Waals surface area (Å²) >= 11 is 0. The van der Waals surface area contributed by atoms with Crippen LogP contribution < -0.4 is 5.32 Å². The third kappa shape index (κ3) is 3.63. The maximum Gasteiger partial charge on any atom is 0.416 e. The average Bonchev–Trinajstić information content (AvgIpc) is 2.28. The second-order valence-electron chi connectivity index (χ2n) is 4.27. The van der Waals surface area contributed by atoms with Crippen molar-refractivity contribution in [1.82, 2.24) is 0 Å². The van der Waals surface area contributed by atoms with E-state index in [-0.39, 0.29) is 6.61 Å². The minimum atomic E-state index is -4.32. The van der Waals surface area contributed by atoms with E-state index in [9.17, 15) is 18.3 Å². The molecule has 0 heterocycles. The molecule has 0 spiro atoms. The number of aliphatic hydroxyl groups excluding tert-OH is 1. The van der Waals surface area contributed by atoms with E-state index >= 15 is 0 Å². The zero-order valence-electron chi connectivity index (χ0n) is 9.80. The van der Waals surface area contributed by atoms with Crippen molar-refractivity contribution in [1.29, 1.82) is 0 Å². The van der Waals surface area contributed by atoms with Crippen molar-refractivity contribution in [3.05, 3.63) is 29.8 Å². The number of anilines is 1. The Kier molecular flexibility index (Phi) is 4.03. The van der Waals surface area contributed by atoms with Crippen molar-refractivity contribution in [2.75, 3.05) is 11.9 Å². The highest BCUT2D eigenvalue weighted by atomic mass is 19.4. The molecule has 17 heavy (non-hydrogen) atoms. The molecule has 0 radical (unpaired) electrons. The molecule has 0 bridgehead atoms. The molecule has 1 aromatic rings. The lowest BCUT2D eigenvalue weighted by atomic mass is 9.99. The second-order valence-corrected chi connectivity index (χ2v) is 4.27. The van der Waals surface area contributed by atoms with Gasteiger partial charge in [0.25, 0.3) is 0 Å². The molecule has 96 valence electrons. The van der Waals surface area contributed by atoms with Gasteiger partial charge in [-0.1, -0.05) is 6.92 Å². The molecule has 0 amide bonds. The third-order valence-corrected chi connectivity index (χ3v) is 2.79. The normalized spacial score (nSPS) is 15.4. The van der Waals surface area contributed by atoms with Gasteiger partial charge in [0.2, 0.25) is 0 Å². The van der Waals surface area contributed by atoms with E-state index in [1.165, 1.54) is 12.1 Å². The first-order valence-electron chi connectivity index (χ1n) is 5.37. The molecule has 0 saturated heterocycles. The molecule has 1 atom stereocenters. The van der Waals surface area contributed by atoms with Gasteiger partial charge in [-0.05, 0) is 37.6 Å². The first-order chi connectivity index (χ1) is 7.80. The molecular formula is C12H16F3NO. The topological polar surface area (TPSA) is 32.3 Å². The number of hydrogen-bond donors (Lipinski definition) is 2. The van der Waals surface area contributed by atoms with Crippen LogP contribution in [0.5, 0.6) is 0 Å². The SMILES string of the molecule is CCC(C)(CO)Nc1ccc(C(F)(F)F)cc1. The van der Waals surface area contributed by atoms with Gasteiger partial charge in [-0.25, -0.2) is 0 Å². The van der Waals surface area contributed by atoms with Gasteiger partial charge in [-0.2, -0.15) is 13.2 Å². The maximum atomic E-state index is 12.3. The highest BCUT2D eigenvalue weighted by Gasteiger charge is 2.30. The summed E-state index contributed by atoms with van der Waals surface area (Å²) in [7, 11) is 0. The Hall–Kier alpha value is -1.23. The predicted molar refractivity (Wildman–Crippen MR) is 60.8 cm³/mol. The number of rotatable bonds is 4. The van der Waals surface area contributed by atoms with E-state index in [4.69, 9.17) is 0 Å². The van der Waals surface area contributed by atoms with Gasteiger partial charge in [-0.3, -0.25) is 0 Å². The molecule has 1 aromatic carbocycles. The lowest BCUT2D eigenvalue weighted by Crippen LogP contribution is -2.37. The summed E-state index contributed by atoms with van der Waals surface area (Å²) in [5.41, 5.74) is -0.624. The molecule has 0 fully saturated rings. The first-order valence-corrected chi connectivity index (χ1v) is 5.37. The van der Waals surface area contributed by atoms with Crippen LogP contribution in [0.4, 0.5) is 18.9 Å². The zero-order chi connectivity index (χ0) is 13.1. The van der Waals surface area contributed by atoms with Crippen LogP contribution in [0.15, 0.2) is 24.3 Å². The van der Waals surface area contributed by atoms with E-state index in [1.807, 2.05) is 13.8 Å². The molecule has 1 unspecified atom stereocenters. The number of nitrogens with one attached hydrogen (secondary N) is 1. The van der Waals surface area contributed by atoms with Gasteiger partial charge in [0.05, 0.1) is 17.7 Å². The van der Waals surface area contributed by atoms with Gasteiger partial charge in [0.1, 0.15) is 0 Å². The smallest absolute Gasteiger partial charge is 0.394 e. The minimum Gasteiger partial charge on any atom is -0.394 e. The highest BCUT2D eigenvalue weighted by Crippen LogP contribution is 2.30. The van der Waals surface area contributed by atoms with Gasteiger partial charge >= 0.3 is 6.18 Å². The van der Waals surface area contributed by atoms with E-state index in [2.05, 4.69) is 5.32 Å². The van der Waals surface area contributed by atoms with E-state index in [1.54, 1.807) is 0 Å². The molecule has 5 heteroatoms. The van der Waals surface area contributed by atoms with Crippen LogP contribution in [0.1, 0.15) is 25.8 Å². The van der Waals surface area contributed by atoms with Crippen LogP contribution in [0, 0.1) is 0 Å². The lowest BCUT2D eigenvalue weighted by molar-refractivity contribution is -0.137. The van der Waals surface area contributed by atoms with Crippen molar-refractivity contribution in [2.24, 2.45) is 0 Å². The predicted octanol–water partition coefficient (Wildman–Crippen LogP) is 3.28. The number of aliphatic hydroxyl groups is 1. The minimum absolute atomic E-state index is 0.0788. The fourth-order valence-electron chi connectivity index (χ4n) is 1.33. The summed E-state index contributed by atoms with van der Waals surface area (Å²) in [6.07, 6.45) is -3.64. The Morgan fingerprint density at radius 2 is 1.71 bits per heavy atom. The van der Waals surface area contributed by atoms with Crippen LogP contribution in [-0.2, 0) is 6.18 Å². The van der Waals surface area contributed by atoms with Gasteiger partial charge < -0.3 is 10.4 Å². The zero-order valence-corrected chi connectivity index (χ0v) is 9.80. The van der Waals surface area contributed by atoms with Crippen LogP contribution >= 0.6 is 0 Å². The summed E-state index contributed by atoms with van der Waals surface area (Å²) in [5.74, 6) is 0. The van der Waals surface area contributed by atoms with Crippen LogP contribution in [0.3, 0.4) is 0 Å². The molecule has 1 rings (SSSR count). The van der Waals surface area contributed by atoms with Crippen LogP contribution in [0.25, 0.3) is 0 Å². The third-order valence-electron chi connectivity index (χ3n) is 2.79. The Bertz CT molecular complexity index is 355. The number of alkyl halides is 3. The Labute approximate surface area is 98.5 Å². The summed E-state index contributed by atoms with van der Waals surface area (Å²) in [6, 6.07) is 4.78. The molecule has 2 nitrogen and oxygen atoms in total. The second kappa shape index (κ2) is 4.96. The number of halogens is 3. The molecule has 0 aliphatic heterocycles. The molecule has 0 aromatic heterocycles. The summed E-state index contributed by atoms with van der Waals surface area (Å²) in [6.45, 7) is 3.63. The number of benzene rings is 1. The lowest BCUT2D eigenvalue weighted by Gasteiger charge is -2.28. The fraction of sp³-hybridized carbons (Fsp3) is 0.500. The van der Waals surface area contributed by atoms with Crippen LogP contribution in [-0.4, -0.2) is 17.3 Å². The number of hydrogen-bond acceptors (Lipinski definition) is 2. The summed E-state index contributed by atoms with van der Waals surface area (Å²) < 4.78 is 37.0. The average molecular weight is 247 g/mol. The molecule has 0 aliphatic carbocycles. The largest absolute Gasteiger partial charge is 0.416 e. The summed E-state index contributed by atoms with van der Waals surface area (Å²) in [4.78, 5) is 0. The Morgan fingerprint density at radius 1 is 1.18 bits per heavy atom. The van der Waals surface area contributed by atoms with Gasteiger partial charge in [0, 0.05) is 5.69 Å². The van der Waals surface area contributed by atoms with Crippen molar-refractivity contribution in [3.63, 3.8) is 0 Å². The Balaban J connectivity index is 2.82. The first kappa shape index (κ1) is 13.8. The molecular weight excluding hydrogens is 231 g/mol. The van der Waals surface area contributed by atoms with Crippen molar-refractivity contribution in [3.8, 4) is 0 Å². The fourth-order valence-corrected chi connectivity index (χ4v) is 1.33.